The zero-order valence-electron chi connectivity index (χ0n) is 12.4. The molecule has 0 amide bonds. The lowest BCUT2D eigenvalue weighted by molar-refractivity contribution is 0.276. The summed E-state index contributed by atoms with van der Waals surface area (Å²) in [5, 5.41) is 19.3. The van der Waals surface area contributed by atoms with Gasteiger partial charge in [0.15, 0.2) is 0 Å². The summed E-state index contributed by atoms with van der Waals surface area (Å²) in [6, 6.07) is 15.4. The van der Waals surface area contributed by atoms with Crippen LogP contribution in [0.25, 0.3) is 16.9 Å². The highest BCUT2D eigenvalue weighted by molar-refractivity contribution is 7.89. The van der Waals surface area contributed by atoms with Gasteiger partial charge in [0.05, 0.1) is 23.0 Å². The van der Waals surface area contributed by atoms with Crippen molar-refractivity contribution < 1.29 is 13.5 Å². The Kier molecular flexibility index (Phi) is 4.42. The van der Waals surface area contributed by atoms with Gasteiger partial charge in [0.2, 0.25) is 10.0 Å². The first-order valence-corrected chi connectivity index (χ1v) is 8.92. The standard InChI is InChI=1S/C16H14ClN3O3S/c17-15-12(10-21)19-20(16(15)11-6-2-1-3-7-11)13-8-4-5-9-14(13)24(18,22)23/h1-9,21H,10H2,(H2,18,22,23). The molecule has 2 aromatic carbocycles. The fraction of sp³-hybridized carbons (Fsp3) is 0.0625. The SMILES string of the molecule is NS(=O)(=O)c1ccccc1-n1nc(CO)c(Cl)c1-c1ccccc1. The minimum Gasteiger partial charge on any atom is -0.390 e. The monoisotopic (exact) mass is 363 g/mol. The molecule has 0 aliphatic carbocycles. The average Bonchev–Trinajstić information content (AvgIpc) is 2.91. The van der Waals surface area contributed by atoms with Crippen LogP contribution in [0.5, 0.6) is 0 Å². The number of halogens is 1. The van der Waals surface area contributed by atoms with Crippen LogP contribution in [0, 0.1) is 0 Å². The molecule has 24 heavy (non-hydrogen) atoms. The summed E-state index contributed by atoms with van der Waals surface area (Å²) in [5.74, 6) is 0. The molecule has 0 radical (unpaired) electrons. The Balaban J connectivity index is 2.35. The molecule has 0 aliphatic rings. The molecule has 8 heteroatoms. The molecular formula is C16H14ClN3O3S. The highest BCUT2D eigenvalue weighted by Crippen LogP contribution is 2.34. The molecule has 1 aromatic heterocycles. The number of primary sulfonamides is 1. The van der Waals surface area contributed by atoms with E-state index in [-0.39, 0.29) is 27.9 Å². The van der Waals surface area contributed by atoms with E-state index >= 15 is 0 Å². The Labute approximate surface area is 144 Å². The van der Waals surface area contributed by atoms with Gasteiger partial charge in [0.1, 0.15) is 10.6 Å². The number of aliphatic hydroxyl groups is 1. The molecule has 0 atom stereocenters. The van der Waals surface area contributed by atoms with Crippen LogP contribution in [0.2, 0.25) is 5.02 Å². The number of aromatic nitrogens is 2. The summed E-state index contributed by atoms with van der Waals surface area (Å²) in [4.78, 5) is -0.0779. The number of rotatable bonds is 4. The van der Waals surface area contributed by atoms with Gasteiger partial charge < -0.3 is 5.11 Å². The van der Waals surface area contributed by atoms with Crippen LogP contribution in [0.15, 0.2) is 59.5 Å². The Morgan fingerprint density at radius 1 is 1.08 bits per heavy atom. The third kappa shape index (κ3) is 2.94. The van der Waals surface area contributed by atoms with Gasteiger partial charge in [-0.15, -0.1) is 0 Å². The number of nitrogens with two attached hydrogens (primary N) is 1. The third-order valence-corrected chi connectivity index (χ3v) is 4.85. The van der Waals surface area contributed by atoms with E-state index in [0.717, 1.165) is 5.56 Å². The van der Waals surface area contributed by atoms with E-state index in [1.165, 1.54) is 10.7 Å². The number of hydrogen-bond acceptors (Lipinski definition) is 4. The van der Waals surface area contributed by atoms with Crippen molar-refractivity contribution >= 4 is 21.6 Å². The topological polar surface area (TPSA) is 98.2 Å². The van der Waals surface area contributed by atoms with Crippen molar-refractivity contribution in [2.75, 3.05) is 0 Å². The van der Waals surface area contributed by atoms with Crippen LogP contribution < -0.4 is 5.14 Å². The van der Waals surface area contributed by atoms with Crippen LogP contribution in [-0.2, 0) is 16.6 Å². The molecule has 3 rings (SSSR count). The highest BCUT2D eigenvalue weighted by atomic mass is 35.5. The van der Waals surface area contributed by atoms with Crippen molar-refractivity contribution in [2.24, 2.45) is 5.14 Å². The van der Waals surface area contributed by atoms with Crippen LogP contribution in [-0.4, -0.2) is 23.3 Å². The molecule has 0 aliphatic heterocycles. The van der Waals surface area contributed by atoms with Gasteiger partial charge in [-0.3, -0.25) is 0 Å². The van der Waals surface area contributed by atoms with E-state index in [2.05, 4.69) is 5.10 Å². The van der Waals surface area contributed by atoms with Crippen LogP contribution in [0.1, 0.15) is 5.69 Å². The fourth-order valence-corrected chi connectivity index (χ4v) is 3.44. The smallest absolute Gasteiger partial charge is 0.240 e. The quantitative estimate of drug-likeness (QED) is 0.743. The summed E-state index contributed by atoms with van der Waals surface area (Å²) in [6.45, 7) is -0.372. The second-order valence-corrected chi connectivity index (χ2v) is 6.97. The molecule has 6 nitrogen and oxygen atoms in total. The van der Waals surface area contributed by atoms with E-state index in [0.29, 0.717) is 5.69 Å². The minimum atomic E-state index is -3.96. The highest BCUT2D eigenvalue weighted by Gasteiger charge is 2.22. The Bertz CT molecular complexity index is 985. The van der Waals surface area contributed by atoms with Gasteiger partial charge >= 0.3 is 0 Å². The number of aliphatic hydroxyl groups excluding tert-OH is 1. The molecule has 3 aromatic rings. The van der Waals surface area contributed by atoms with Crippen molar-refractivity contribution in [1.82, 2.24) is 9.78 Å². The minimum absolute atomic E-state index is 0.0779. The summed E-state index contributed by atoms with van der Waals surface area (Å²) in [5.41, 5.74) is 1.73. The van der Waals surface area contributed by atoms with Crippen LogP contribution >= 0.6 is 11.6 Å². The summed E-state index contributed by atoms with van der Waals surface area (Å²) in [7, 11) is -3.96. The lowest BCUT2D eigenvalue weighted by Crippen LogP contribution is -2.16. The summed E-state index contributed by atoms with van der Waals surface area (Å²) < 4.78 is 25.2. The van der Waals surface area contributed by atoms with E-state index in [1.807, 2.05) is 30.3 Å². The Morgan fingerprint density at radius 3 is 2.33 bits per heavy atom. The van der Waals surface area contributed by atoms with Gasteiger partial charge in [0, 0.05) is 5.56 Å². The second-order valence-electron chi connectivity index (χ2n) is 5.06. The molecule has 0 fully saturated rings. The Hall–Kier alpha value is -2.19. The molecule has 0 saturated heterocycles. The summed E-state index contributed by atoms with van der Waals surface area (Å²) >= 11 is 6.36. The molecule has 0 saturated carbocycles. The van der Waals surface area contributed by atoms with Crippen molar-refractivity contribution in [3.05, 3.63) is 65.3 Å². The number of nitrogens with zero attached hydrogens (tertiary/aromatic N) is 2. The average molecular weight is 364 g/mol. The second kappa shape index (κ2) is 6.37. The van der Waals surface area contributed by atoms with E-state index in [4.69, 9.17) is 16.7 Å². The third-order valence-electron chi connectivity index (χ3n) is 3.49. The van der Waals surface area contributed by atoms with Crippen LogP contribution in [0.4, 0.5) is 0 Å². The lowest BCUT2D eigenvalue weighted by Gasteiger charge is -2.11. The largest absolute Gasteiger partial charge is 0.390 e. The van der Waals surface area contributed by atoms with Crippen LogP contribution in [0.3, 0.4) is 0 Å². The van der Waals surface area contributed by atoms with Crippen molar-refractivity contribution in [1.29, 1.82) is 0 Å². The van der Waals surface area contributed by atoms with Crippen molar-refractivity contribution in [2.45, 2.75) is 11.5 Å². The van der Waals surface area contributed by atoms with E-state index in [1.54, 1.807) is 18.2 Å². The normalized spacial score (nSPS) is 11.6. The first kappa shape index (κ1) is 16.7. The first-order chi connectivity index (χ1) is 11.4. The maximum atomic E-state index is 11.9. The molecule has 124 valence electrons. The van der Waals surface area contributed by atoms with Gasteiger partial charge in [-0.1, -0.05) is 54.1 Å². The zero-order valence-corrected chi connectivity index (χ0v) is 14.0. The number of benzene rings is 2. The lowest BCUT2D eigenvalue weighted by atomic mass is 10.1. The maximum Gasteiger partial charge on any atom is 0.240 e. The van der Waals surface area contributed by atoms with E-state index in [9.17, 15) is 13.5 Å². The molecule has 1 heterocycles. The molecular weight excluding hydrogens is 350 g/mol. The van der Waals surface area contributed by atoms with Gasteiger partial charge in [-0.25, -0.2) is 18.2 Å². The fourth-order valence-electron chi connectivity index (χ4n) is 2.44. The molecule has 0 unspecified atom stereocenters. The van der Waals surface area contributed by atoms with Crippen molar-refractivity contribution in [3.8, 4) is 16.9 Å². The zero-order chi connectivity index (χ0) is 17.3. The molecule has 0 spiro atoms. The maximum absolute atomic E-state index is 11.9. The Morgan fingerprint density at radius 2 is 1.71 bits per heavy atom. The predicted octanol–water partition coefficient (Wildman–Crippen LogP) is 2.33. The molecule has 0 bridgehead atoms. The number of hydrogen-bond donors (Lipinski definition) is 2. The molecule has 3 N–H and O–H groups in total. The number of sulfonamides is 1. The van der Waals surface area contributed by atoms with Gasteiger partial charge in [0.25, 0.3) is 0 Å². The number of para-hydroxylation sites is 1. The van der Waals surface area contributed by atoms with Crippen molar-refractivity contribution in [3.63, 3.8) is 0 Å². The van der Waals surface area contributed by atoms with Gasteiger partial charge in [-0.2, -0.15) is 5.10 Å². The predicted molar refractivity (Wildman–Crippen MR) is 91.3 cm³/mol. The van der Waals surface area contributed by atoms with Gasteiger partial charge in [-0.05, 0) is 12.1 Å². The summed E-state index contributed by atoms with van der Waals surface area (Å²) in [6.07, 6.45) is 0. The van der Waals surface area contributed by atoms with E-state index < -0.39 is 10.0 Å². The first-order valence-electron chi connectivity index (χ1n) is 6.99.